The minimum atomic E-state index is -0.270. The minimum Gasteiger partial charge on any atom is -0.376 e. The van der Waals surface area contributed by atoms with E-state index in [1.54, 1.807) is 6.07 Å². The summed E-state index contributed by atoms with van der Waals surface area (Å²) in [5.41, 5.74) is 2.42. The summed E-state index contributed by atoms with van der Waals surface area (Å²) in [6.45, 7) is 4.64. The molecule has 154 valence electrons. The van der Waals surface area contributed by atoms with Crippen LogP contribution in [0, 0.1) is 11.7 Å². The van der Waals surface area contributed by atoms with Crippen LogP contribution in [-0.4, -0.2) is 56.4 Å². The van der Waals surface area contributed by atoms with E-state index in [1.165, 1.54) is 12.1 Å². The number of nitrogens with one attached hydrogen (secondary N) is 1. The summed E-state index contributed by atoms with van der Waals surface area (Å²) in [7, 11) is 0. The van der Waals surface area contributed by atoms with Crippen molar-refractivity contribution in [2.75, 3.05) is 44.8 Å². The number of nitrogens with zero attached hydrogens (tertiary/aromatic N) is 1. The van der Waals surface area contributed by atoms with Gasteiger partial charge >= 0.3 is 0 Å². The highest BCUT2D eigenvalue weighted by Gasteiger charge is 2.27. The Kier molecular flexibility index (Phi) is 6.54. The molecule has 0 bridgehead atoms. The highest BCUT2D eigenvalue weighted by molar-refractivity contribution is 5.93. The average Bonchev–Trinajstić information content (AvgIpc) is 2.75. The first-order valence-electron chi connectivity index (χ1n) is 10.3. The zero-order valence-corrected chi connectivity index (χ0v) is 16.5. The van der Waals surface area contributed by atoms with Gasteiger partial charge in [0.15, 0.2) is 0 Å². The maximum Gasteiger partial charge on any atom is 0.227 e. The fourth-order valence-electron chi connectivity index (χ4n) is 4.00. The van der Waals surface area contributed by atoms with Gasteiger partial charge < -0.3 is 19.7 Å². The molecule has 2 aliphatic rings. The van der Waals surface area contributed by atoms with Gasteiger partial charge in [0.1, 0.15) is 5.82 Å². The first kappa shape index (κ1) is 20.0. The standard InChI is InChI=1S/C23H27FN2O3/c24-20-5-1-3-18(13-20)19-4-2-6-21(14-19)25-23(27)17-7-9-26(10-8-17)15-22-16-28-11-12-29-22/h1-6,13-14,17,22H,7-12,15-16H2,(H,25,27)/t22-/m0/s1. The summed E-state index contributed by atoms with van der Waals surface area (Å²) in [6.07, 6.45) is 1.81. The molecule has 2 fully saturated rings. The number of ether oxygens (including phenoxy) is 2. The summed E-state index contributed by atoms with van der Waals surface area (Å²) >= 11 is 0. The lowest BCUT2D eigenvalue weighted by Gasteiger charge is -2.34. The van der Waals surface area contributed by atoms with Crippen LogP contribution in [0.5, 0.6) is 0 Å². The normalized spacial score (nSPS) is 21.1. The van der Waals surface area contributed by atoms with Crippen LogP contribution in [0.15, 0.2) is 48.5 Å². The second-order valence-corrected chi connectivity index (χ2v) is 7.72. The third-order valence-electron chi connectivity index (χ3n) is 5.59. The van der Waals surface area contributed by atoms with Crippen LogP contribution >= 0.6 is 0 Å². The smallest absolute Gasteiger partial charge is 0.227 e. The van der Waals surface area contributed by atoms with E-state index in [-0.39, 0.29) is 23.7 Å². The second-order valence-electron chi connectivity index (χ2n) is 7.72. The topological polar surface area (TPSA) is 50.8 Å². The minimum absolute atomic E-state index is 0.00704. The summed E-state index contributed by atoms with van der Waals surface area (Å²) in [4.78, 5) is 15.1. The zero-order chi connectivity index (χ0) is 20.1. The van der Waals surface area contributed by atoms with E-state index in [0.29, 0.717) is 19.8 Å². The van der Waals surface area contributed by atoms with Gasteiger partial charge in [-0.25, -0.2) is 4.39 Å². The molecule has 0 saturated carbocycles. The molecule has 2 aromatic rings. The molecule has 1 atom stereocenters. The first-order valence-corrected chi connectivity index (χ1v) is 10.3. The monoisotopic (exact) mass is 398 g/mol. The van der Waals surface area contributed by atoms with E-state index < -0.39 is 0 Å². The van der Waals surface area contributed by atoms with E-state index in [4.69, 9.17) is 9.47 Å². The number of halogens is 1. The molecule has 0 aliphatic carbocycles. The lowest BCUT2D eigenvalue weighted by atomic mass is 9.95. The molecule has 2 aliphatic heterocycles. The van der Waals surface area contributed by atoms with Crippen molar-refractivity contribution in [3.63, 3.8) is 0 Å². The number of carbonyl (C=O) groups is 1. The number of anilines is 1. The molecule has 0 aromatic heterocycles. The Bertz CT molecular complexity index is 830. The van der Waals surface area contributed by atoms with Crippen LogP contribution < -0.4 is 5.32 Å². The summed E-state index contributed by atoms with van der Waals surface area (Å²) in [6, 6.07) is 14.0. The molecule has 29 heavy (non-hydrogen) atoms. The number of rotatable bonds is 5. The van der Waals surface area contributed by atoms with Crippen molar-refractivity contribution in [1.82, 2.24) is 4.90 Å². The molecule has 1 amide bonds. The van der Waals surface area contributed by atoms with E-state index >= 15 is 0 Å². The van der Waals surface area contributed by atoms with E-state index in [0.717, 1.165) is 49.3 Å². The molecule has 0 unspecified atom stereocenters. The van der Waals surface area contributed by atoms with Crippen molar-refractivity contribution in [2.24, 2.45) is 5.92 Å². The van der Waals surface area contributed by atoms with E-state index in [1.807, 2.05) is 30.3 Å². The van der Waals surface area contributed by atoms with Crippen LogP contribution in [0.1, 0.15) is 12.8 Å². The summed E-state index contributed by atoms with van der Waals surface area (Å²) in [5, 5.41) is 3.04. The molecule has 2 saturated heterocycles. The van der Waals surface area contributed by atoms with Crippen molar-refractivity contribution in [3.8, 4) is 11.1 Å². The largest absolute Gasteiger partial charge is 0.376 e. The van der Waals surface area contributed by atoms with E-state index in [9.17, 15) is 9.18 Å². The maximum absolute atomic E-state index is 13.5. The van der Waals surface area contributed by atoms with Crippen molar-refractivity contribution < 1.29 is 18.7 Å². The highest BCUT2D eigenvalue weighted by atomic mass is 19.1. The van der Waals surface area contributed by atoms with Gasteiger partial charge in [0.2, 0.25) is 5.91 Å². The Hall–Kier alpha value is -2.28. The van der Waals surface area contributed by atoms with Crippen LogP contribution in [0.25, 0.3) is 11.1 Å². The Balaban J connectivity index is 1.30. The Morgan fingerprint density at radius 3 is 2.55 bits per heavy atom. The van der Waals surface area contributed by atoms with Crippen molar-refractivity contribution in [3.05, 3.63) is 54.3 Å². The summed E-state index contributed by atoms with van der Waals surface area (Å²) < 4.78 is 24.7. The molecule has 5 nitrogen and oxygen atoms in total. The number of benzene rings is 2. The number of piperidine rings is 1. The molecule has 0 radical (unpaired) electrons. The predicted octanol–water partition coefficient (Wildman–Crippen LogP) is 3.56. The predicted molar refractivity (Wildman–Crippen MR) is 110 cm³/mol. The molecular weight excluding hydrogens is 371 g/mol. The van der Waals surface area contributed by atoms with Crippen LogP contribution in [-0.2, 0) is 14.3 Å². The van der Waals surface area contributed by atoms with Gasteiger partial charge in [-0.15, -0.1) is 0 Å². The first-order chi connectivity index (χ1) is 14.2. The summed E-state index contributed by atoms with van der Waals surface area (Å²) in [5.74, 6) is -0.209. The molecule has 6 heteroatoms. The molecule has 2 heterocycles. The van der Waals surface area contributed by atoms with Crippen molar-refractivity contribution in [2.45, 2.75) is 18.9 Å². The number of hydrogen-bond acceptors (Lipinski definition) is 4. The van der Waals surface area contributed by atoms with Gasteiger partial charge in [0.05, 0.1) is 25.9 Å². The fraction of sp³-hybridized carbons (Fsp3) is 0.435. The fourth-order valence-corrected chi connectivity index (χ4v) is 4.00. The number of amides is 1. The van der Waals surface area contributed by atoms with Crippen molar-refractivity contribution >= 4 is 11.6 Å². The van der Waals surface area contributed by atoms with Crippen LogP contribution in [0.2, 0.25) is 0 Å². The van der Waals surface area contributed by atoms with Gasteiger partial charge in [-0.2, -0.15) is 0 Å². The third kappa shape index (κ3) is 5.41. The zero-order valence-electron chi connectivity index (χ0n) is 16.5. The number of hydrogen-bond donors (Lipinski definition) is 1. The van der Waals surface area contributed by atoms with Crippen LogP contribution in [0.4, 0.5) is 10.1 Å². The quantitative estimate of drug-likeness (QED) is 0.837. The lowest BCUT2D eigenvalue weighted by molar-refractivity contribution is -0.122. The molecule has 4 rings (SSSR count). The molecular formula is C23H27FN2O3. The molecule has 0 spiro atoms. The van der Waals surface area contributed by atoms with E-state index in [2.05, 4.69) is 10.2 Å². The Morgan fingerprint density at radius 1 is 1.07 bits per heavy atom. The highest BCUT2D eigenvalue weighted by Crippen LogP contribution is 2.25. The number of likely N-dealkylation sites (tertiary alicyclic amines) is 1. The average molecular weight is 398 g/mol. The molecule has 2 aromatic carbocycles. The molecule has 1 N–H and O–H groups in total. The van der Waals surface area contributed by atoms with Gasteiger partial charge in [0, 0.05) is 18.2 Å². The van der Waals surface area contributed by atoms with Gasteiger partial charge in [-0.1, -0.05) is 24.3 Å². The third-order valence-corrected chi connectivity index (χ3v) is 5.59. The number of carbonyl (C=O) groups excluding carboxylic acids is 1. The van der Waals surface area contributed by atoms with Gasteiger partial charge in [-0.3, -0.25) is 4.79 Å². The van der Waals surface area contributed by atoms with Crippen LogP contribution in [0.3, 0.4) is 0 Å². The maximum atomic E-state index is 13.5. The van der Waals surface area contributed by atoms with Crippen molar-refractivity contribution in [1.29, 1.82) is 0 Å². The lowest BCUT2D eigenvalue weighted by Crippen LogP contribution is -2.44. The Labute approximate surface area is 170 Å². The van der Waals surface area contributed by atoms with Gasteiger partial charge in [0.25, 0.3) is 0 Å². The second kappa shape index (κ2) is 9.48. The van der Waals surface area contributed by atoms with Gasteiger partial charge in [-0.05, 0) is 61.3 Å². The SMILES string of the molecule is O=C(Nc1cccc(-c2cccc(F)c2)c1)C1CCN(C[C@H]2COCCO2)CC1. The Morgan fingerprint density at radius 2 is 1.83 bits per heavy atom.